The predicted octanol–water partition coefficient (Wildman–Crippen LogP) is 2.94. The van der Waals surface area contributed by atoms with Crippen LogP contribution in [-0.2, 0) is 0 Å². The van der Waals surface area contributed by atoms with E-state index in [1.807, 2.05) is 0 Å². The number of anilines is 1. The summed E-state index contributed by atoms with van der Waals surface area (Å²) in [7, 11) is 0. The van der Waals surface area contributed by atoms with E-state index in [1.54, 1.807) is 6.92 Å². The second-order valence-electron chi connectivity index (χ2n) is 4.24. The highest BCUT2D eigenvalue weighted by atomic mass is 35.5. The predicted molar refractivity (Wildman–Crippen MR) is 71.4 cm³/mol. The average molecular weight is 300 g/mol. The van der Waals surface area contributed by atoms with Crippen molar-refractivity contribution >= 4 is 17.5 Å². The summed E-state index contributed by atoms with van der Waals surface area (Å²) in [6.07, 6.45) is 1.37. The van der Waals surface area contributed by atoms with Crippen LogP contribution in [-0.4, -0.2) is 21.1 Å². The molecule has 0 unspecified atom stereocenters. The summed E-state index contributed by atoms with van der Waals surface area (Å²) in [5.41, 5.74) is -0.388. The molecule has 0 aliphatic carbocycles. The Labute approximate surface area is 119 Å². The molecule has 2 atom stereocenters. The normalized spacial score (nSPS) is 13.8. The molecule has 2 rings (SSSR count). The first-order chi connectivity index (χ1) is 9.49. The van der Waals surface area contributed by atoms with Crippen LogP contribution in [0.2, 0.25) is 5.02 Å². The van der Waals surface area contributed by atoms with E-state index in [0.717, 1.165) is 12.1 Å². The van der Waals surface area contributed by atoms with Gasteiger partial charge in [-0.1, -0.05) is 17.7 Å². The summed E-state index contributed by atoms with van der Waals surface area (Å²) < 4.78 is 27.2. The van der Waals surface area contributed by atoms with Crippen LogP contribution >= 0.6 is 11.6 Å². The van der Waals surface area contributed by atoms with Gasteiger partial charge >= 0.3 is 0 Å². The highest BCUT2D eigenvalue weighted by molar-refractivity contribution is 6.30. The number of halogens is 3. The molecule has 4 nitrogen and oxygen atoms in total. The molecule has 0 saturated heterocycles. The van der Waals surface area contributed by atoms with Gasteiger partial charge < -0.3 is 10.4 Å². The number of benzene rings is 1. The van der Waals surface area contributed by atoms with Crippen molar-refractivity contribution in [1.82, 2.24) is 9.97 Å². The van der Waals surface area contributed by atoms with E-state index >= 15 is 0 Å². The van der Waals surface area contributed by atoms with Gasteiger partial charge in [0.1, 0.15) is 17.7 Å². The zero-order valence-corrected chi connectivity index (χ0v) is 11.3. The number of nitrogens with zero attached hydrogens (tertiary/aromatic N) is 2. The number of aliphatic hydroxyl groups excluding tert-OH is 1. The van der Waals surface area contributed by atoms with E-state index in [9.17, 15) is 13.9 Å². The van der Waals surface area contributed by atoms with Crippen molar-refractivity contribution in [2.24, 2.45) is 0 Å². The summed E-state index contributed by atoms with van der Waals surface area (Å²) >= 11 is 5.65. The van der Waals surface area contributed by atoms with Crippen LogP contribution in [0.25, 0.3) is 0 Å². The zero-order chi connectivity index (χ0) is 14.7. The molecular formula is C13H12ClF2N3O. The minimum atomic E-state index is -1.38. The lowest BCUT2D eigenvalue weighted by Crippen LogP contribution is -2.26. The van der Waals surface area contributed by atoms with Crippen molar-refractivity contribution in [2.45, 2.75) is 19.1 Å². The molecule has 7 heteroatoms. The summed E-state index contributed by atoms with van der Waals surface area (Å²) in [5.74, 6) is -1.40. The molecule has 1 aromatic heterocycles. The molecule has 1 aromatic carbocycles. The second-order valence-corrected chi connectivity index (χ2v) is 4.67. The van der Waals surface area contributed by atoms with E-state index in [-0.39, 0.29) is 11.5 Å². The van der Waals surface area contributed by atoms with E-state index in [1.165, 1.54) is 18.5 Å². The van der Waals surface area contributed by atoms with Crippen LogP contribution in [0.15, 0.2) is 30.6 Å². The Morgan fingerprint density at radius 3 is 2.30 bits per heavy atom. The number of aromatic nitrogens is 2. The first-order valence-corrected chi connectivity index (χ1v) is 6.23. The van der Waals surface area contributed by atoms with Gasteiger partial charge in [0.05, 0.1) is 29.0 Å². The van der Waals surface area contributed by atoms with E-state index in [2.05, 4.69) is 15.3 Å². The minimum absolute atomic E-state index is 0.206. The Morgan fingerprint density at radius 2 is 1.75 bits per heavy atom. The molecule has 0 aliphatic heterocycles. The fourth-order valence-electron chi connectivity index (χ4n) is 1.71. The Balaban J connectivity index is 2.16. The van der Waals surface area contributed by atoms with Gasteiger partial charge in [0, 0.05) is 0 Å². The van der Waals surface area contributed by atoms with Crippen molar-refractivity contribution in [2.75, 3.05) is 5.32 Å². The summed E-state index contributed by atoms with van der Waals surface area (Å²) in [6.45, 7) is 1.56. The summed E-state index contributed by atoms with van der Waals surface area (Å²) in [6, 6.07) is 2.73. The van der Waals surface area contributed by atoms with Gasteiger partial charge in [-0.3, -0.25) is 0 Å². The highest BCUT2D eigenvalue weighted by Gasteiger charge is 2.23. The van der Waals surface area contributed by atoms with Crippen LogP contribution in [0.1, 0.15) is 18.6 Å². The van der Waals surface area contributed by atoms with Crippen molar-refractivity contribution in [3.8, 4) is 0 Å². The standard InChI is InChI=1S/C13H12ClF2N3O/c1-7(19-13-17-5-8(14)6-18-13)12(20)11-9(15)3-2-4-10(11)16/h2-7,12,20H,1H3,(H,17,18,19)/t7-,12-/m0/s1. The molecule has 0 bridgehead atoms. The monoisotopic (exact) mass is 299 g/mol. The molecule has 1 heterocycles. The molecule has 0 amide bonds. The number of rotatable bonds is 4. The maximum Gasteiger partial charge on any atom is 0.222 e. The highest BCUT2D eigenvalue weighted by Crippen LogP contribution is 2.24. The topological polar surface area (TPSA) is 58.0 Å². The van der Waals surface area contributed by atoms with Crippen LogP contribution < -0.4 is 5.32 Å². The molecule has 2 N–H and O–H groups in total. The fraction of sp³-hybridized carbons (Fsp3) is 0.231. The van der Waals surface area contributed by atoms with Gasteiger partial charge in [0.15, 0.2) is 0 Å². The third kappa shape index (κ3) is 3.20. The van der Waals surface area contributed by atoms with Crippen LogP contribution in [0.3, 0.4) is 0 Å². The number of hydrogen-bond acceptors (Lipinski definition) is 4. The van der Waals surface area contributed by atoms with Crippen molar-refractivity contribution in [1.29, 1.82) is 0 Å². The maximum atomic E-state index is 13.6. The van der Waals surface area contributed by atoms with Crippen molar-refractivity contribution < 1.29 is 13.9 Å². The minimum Gasteiger partial charge on any atom is -0.386 e. The second kappa shape index (κ2) is 6.11. The van der Waals surface area contributed by atoms with E-state index in [0.29, 0.717) is 5.02 Å². The summed E-state index contributed by atoms with van der Waals surface area (Å²) in [4.78, 5) is 7.77. The Bertz CT molecular complexity index is 574. The number of nitrogens with one attached hydrogen (secondary N) is 1. The van der Waals surface area contributed by atoms with E-state index < -0.39 is 23.8 Å². The lowest BCUT2D eigenvalue weighted by molar-refractivity contribution is 0.151. The number of aliphatic hydroxyl groups is 1. The third-order valence-electron chi connectivity index (χ3n) is 2.75. The quantitative estimate of drug-likeness (QED) is 0.911. The Kier molecular flexibility index (Phi) is 4.46. The lowest BCUT2D eigenvalue weighted by atomic mass is 10.0. The molecule has 106 valence electrons. The van der Waals surface area contributed by atoms with Gasteiger partial charge in [-0.05, 0) is 19.1 Å². The van der Waals surface area contributed by atoms with Gasteiger partial charge in [-0.15, -0.1) is 0 Å². The smallest absolute Gasteiger partial charge is 0.222 e. The Hall–Kier alpha value is -1.79. The number of hydrogen-bond donors (Lipinski definition) is 2. The molecule has 20 heavy (non-hydrogen) atoms. The molecule has 0 radical (unpaired) electrons. The molecule has 0 fully saturated rings. The fourth-order valence-corrected chi connectivity index (χ4v) is 1.81. The lowest BCUT2D eigenvalue weighted by Gasteiger charge is -2.21. The SMILES string of the molecule is C[C@H](Nc1ncc(Cl)cn1)[C@H](O)c1c(F)cccc1F. The first kappa shape index (κ1) is 14.6. The largest absolute Gasteiger partial charge is 0.386 e. The van der Waals surface area contributed by atoms with Gasteiger partial charge in [-0.25, -0.2) is 18.7 Å². The van der Waals surface area contributed by atoms with Crippen LogP contribution in [0.4, 0.5) is 14.7 Å². The Morgan fingerprint density at radius 1 is 1.20 bits per heavy atom. The van der Waals surface area contributed by atoms with Crippen molar-refractivity contribution in [3.63, 3.8) is 0 Å². The molecule has 0 saturated carbocycles. The third-order valence-corrected chi connectivity index (χ3v) is 2.94. The molecule has 2 aromatic rings. The van der Waals surface area contributed by atoms with Crippen molar-refractivity contribution in [3.05, 3.63) is 52.8 Å². The van der Waals surface area contributed by atoms with E-state index in [4.69, 9.17) is 11.6 Å². The zero-order valence-electron chi connectivity index (χ0n) is 10.5. The van der Waals surface area contributed by atoms with Crippen LogP contribution in [0, 0.1) is 11.6 Å². The van der Waals surface area contributed by atoms with Gasteiger partial charge in [0.2, 0.25) is 5.95 Å². The molecular weight excluding hydrogens is 288 g/mol. The summed E-state index contributed by atoms with van der Waals surface area (Å²) in [5, 5.41) is 13.2. The van der Waals surface area contributed by atoms with Gasteiger partial charge in [0.25, 0.3) is 0 Å². The first-order valence-electron chi connectivity index (χ1n) is 5.85. The average Bonchev–Trinajstić information content (AvgIpc) is 2.41. The maximum absolute atomic E-state index is 13.6. The molecule has 0 spiro atoms. The molecule has 0 aliphatic rings. The van der Waals surface area contributed by atoms with Gasteiger partial charge in [-0.2, -0.15) is 0 Å². The van der Waals surface area contributed by atoms with Crippen LogP contribution in [0.5, 0.6) is 0 Å².